The summed E-state index contributed by atoms with van der Waals surface area (Å²) in [5.41, 5.74) is 4.53. The molecule has 2 bridgehead atoms. The maximum Gasteiger partial charge on any atom is 0.410 e. The second kappa shape index (κ2) is 8.50. The molecular weight excluding hydrogens is 416 g/mol. The first-order chi connectivity index (χ1) is 15.9. The summed E-state index contributed by atoms with van der Waals surface area (Å²) >= 11 is 0. The monoisotopic (exact) mass is 446 g/mol. The third kappa shape index (κ3) is 4.55. The van der Waals surface area contributed by atoms with Gasteiger partial charge < -0.3 is 15.0 Å². The Hall–Kier alpha value is -3.42. The largest absolute Gasteiger partial charge is 0.444 e. The van der Waals surface area contributed by atoms with Crippen LogP contribution in [0.4, 0.5) is 16.2 Å². The molecule has 2 fully saturated rings. The molecule has 33 heavy (non-hydrogen) atoms. The van der Waals surface area contributed by atoms with Gasteiger partial charge in [-0.1, -0.05) is 6.07 Å². The number of piperazine rings is 1. The van der Waals surface area contributed by atoms with Crippen LogP contribution in [0, 0.1) is 0 Å². The molecule has 0 radical (unpaired) electrons. The fourth-order valence-electron chi connectivity index (χ4n) is 4.83. The number of nitrogens with one attached hydrogen (secondary N) is 1. The number of amides is 1. The summed E-state index contributed by atoms with van der Waals surface area (Å²) in [6.45, 7) is 8.00. The van der Waals surface area contributed by atoms with Crippen LogP contribution in [0.2, 0.25) is 0 Å². The number of pyridine rings is 1. The molecule has 0 spiro atoms. The van der Waals surface area contributed by atoms with Crippen molar-refractivity contribution in [3.63, 3.8) is 0 Å². The molecular formula is C25H30N6O2. The lowest BCUT2D eigenvalue weighted by molar-refractivity contribution is 0.0123. The summed E-state index contributed by atoms with van der Waals surface area (Å²) in [5.74, 6) is 0. The maximum atomic E-state index is 12.8. The fourth-order valence-corrected chi connectivity index (χ4v) is 4.83. The quantitative estimate of drug-likeness (QED) is 0.642. The van der Waals surface area contributed by atoms with Gasteiger partial charge in [-0.25, -0.2) is 4.79 Å². The summed E-state index contributed by atoms with van der Waals surface area (Å²) in [6, 6.07) is 8.51. The molecule has 8 heteroatoms. The number of carbonyl (C=O) groups excluding carboxylic acids is 1. The molecule has 2 saturated heterocycles. The minimum atomic E-state index is -0.482. The number of nitrogens with zero attached hydrogens (tertiary/aromatic N) is 5. The van der Waals surface area contributed by atoms with Gasteiger partial charge >= 0.3 is 6.09 Å². The molecule has 1 amide bonds. The number of anilines is 2. The summed E-state index contributed by atoms with van der Waals surface area (Å²) in [7, 11) is 0. The van der Waals surface area contributed by atoms with E-state index in [0.29, 0.717) is 6.54 Å². The number of carbonyl (C=O) groups is 1. The number of hydrogen-bond donors (Lipinski definition) is 1. The Morgan fingerprint density at radius 1 is 1.06 bits per heavy atom. The second-order valence-corrected chi connectivity index (χ2v) is 9.80. The van der Waals surface area contributed by atoms with E-state index in [2.05, 4.69) is 43.4 Å². The molecule has 2 aromatic heterocycles. The Kier molecular flexibility index (Phi) is 5.52. The third-order valence-corrected chi connectivity index (χ3v) is 6.24. The van der Waals surface area contributed by atoms with Crippen molar-refractivity contribution in [2.45, 2.75) is 57.8 Å². The zero-order valence-corrected chi connectivity index (χ0v) is 19.4. The molecule has 0 saturated carbocycles. The lowest BCUT2D eigenvalue weighted by Gasteiger charge is -2.42. The minimum absolute atomic E-state index is 0.165. The lowest BCUT2D eigenvalue weighted by Crippen LogP contribution is -2.56. The van der Waals surface area contributed by atoms with Crippen LogP contribution in [-0.2, 0) is 11.3 Å². The zero-order chi connectivity index (χ0) is 23.0. The van der Waals surface area contributed by atoms with Gasteiger partial charge in [0, 0.05) is 38.2 Å². The molecule has 0 aliphatic carbocycles. The van der Waals surface area contributed by atoms with Gasteiger partial charge in [0.25, 0.3) is 0 Å². The van der Waals surface area contributed by atoms with Crippen molar-refractivity contribution < 1.29 is 9.53 Å². The van der Waals surface area contributed by atoms with Crippen LogP contribution in [0.5, 0.6) is 0 Å². The molecule has 2 aliphatic rings. The fraction of sp³-hybridized carbons (Fsp3) is 0.440. The Morgan fingerprint density at radius 2 is 1.79 bits per heavy atom. The van der Waals surface area contributed by atoms with E-state index in [1.54, 1.807) is 12.4 Å². The smallest absolute Gasteiger partial charge is 0.410 e. The van der Waals surface area contributed by atoms with Gasteiger partial charge in [-0.3, -0.25) is 19.9 Å². The highest BCUT2D eigenvalue weighted by molar-refractivity contribution is 5.75. The van der Waals surface area contributed by atoms with Crippen molar-refractivity contribution in [1.82, 2.24) is 19.9 Å². The molecule has 2 aliphatic heterocycles. The predicted octanol–water partition coefficient (Wildman–Crippen LogP) is 4.23. The van der Waals surface area contributed by atoms with E-state index in [1.165, 1.54) is 0 Å². The van der Waals surface area contributed by atoms with Crippen molar-refractivity contribution in [2.24, 2.45) is 0 Å². The molecule has 0 unspecified atom stereocenters. The van der Waals surface area contributed by atoms with Crippen molar-refractivity contribution in [1.29, 1.82) is 0 Å². The standard InChI is InChI=1S/C25H30N6O2/c1-25(2,3)33-24(32)31-18-5-6-19(31)16-30(15-18)23-8-9-26-14-22(23)29-13-17-4-7-20-21(12-17)28-11-10-27-20/h4,7-12,14,18-19,29H,5-6,13,15-16H2,1-3H3/t18-,19+. The first kappa shape index (κ1) is 21.4. The molecule has 5 rings (SSSR count). The van der Waals surface area contributed by atoms with E-state index in [0.717, 1.165) is 53.9 Å². The Morgan fingerprint density at radius 3 is 2.52 bits per heavy atom. The topological polar surface area (TPSA) is 83.5 Å². The molecule has 3 aromatic rings. The van der Waals surface area contributed by atoms with Crippen molar-refractivity contribution in [2.75, 3.05) is 23.3 Å². The number of rotatable bonds is 4. The van der Waals surface area contributed by atoms with E-state index in [1.807, 2.05) is 44.1 Å². The Balaban J connectivity index is 1.30. The van der Waals surface area contributed by atoms with Gasteiger partial charge in [0.15, 0.2) is 0 Å². The van der Waals surface area contributed by atoms with E-state index < -0.39 is 5.60 Å². The second-order valence-electron chi connectivity index (χ2n) is 9.80. The van der Waals surface area contributed by atoms with Crippen LogP contribution in [0.1, 0.15) is 39.2 Å². The number of benzene rings is 1. The van der Waals surface area contributed by atoms with Crippen molar-refractivity contribution in [3.8, 4) is 0 Å². The van der Waals surface area contributed by atoms with Crippen LogP contribution in [0.25, 0.3) is 11.0 Å². The van der Waals surface area contributed by atoms with E-state index in [4.69, 9.17) is 4.74 Å². The summed E-state index contributed by atoms with van der Waals surface area (Å²) in [5, 5.41) is 3.55. The van der Waals surface area contributed by atoms with E-state index in [-0.39, 0.29) is 18.2 Å². The van der Waals surface area contributed by atoms with Gasteiger partial charge in [0.05, 0.1) is 40.7 Å². The Labute approximate surface area is 194 Å². The van der Waals surface area contributed by atoms with Gasteiger partial charge in [-0.2, -0.15) is 0 Å². The number of fused-ring (bicyclic) bond motifs is 3. The third-order valence-electron chi connectivity index (χ3n) is 6.24. The normalized spacial score (nSPS) is 20.2. The van der Waals surface area contributed by atoms with Crippen LogP contribution in [0.15, 0.2) is 49.1 Å². The average Bonchev–Trinajstić information content (AvgIpc) is 3.06. The van der Waals surface area contributed by atoms with E-state index >= 15 is 0 Å². The average molecular weight is 447 g/mol. The number of ether oxygens (including phenoxy) is 1. The summed E-state index contributed by atoms with van der Waals surface area (Å²) in [4.78, 5) is 30.2. The summed E-state index contributed by atoms with van der Waals surface area (Å²) < 4.78 is 5.68. The molecule has 172 valence electrons. The first-order valence-electron chi connectivity index (χ1n) is 11.5. The van der Waals surface area contributed by atoms with Gasteiger partial charge in [-0.05, 0) is 57.4 Å². The molecule has 2 atom stereocenters. The molecule has 8 nitrogen and oxygen atoms in total. The highest BCUT2D eigenvalue weighted by Crippen LogP contribution is 2.36. The minimum Gasteiger partial charge on any atom is -0.444 e. The highest BCUT2D eigenvalue weighted by atomic mass is 16.6. The van der Waals surface area contributed by atoms with Crippen molar-refractivity contribution >= 4 is 28.5 Å². The Bertz CT molecular complexity index is 1150. The van der Waals surface area contributed by atoms with Gasteiger partial charge in [0.2, 0.25) is 0 Å². The van der Waals surface area contributed by atoms with Crippen LogP contribution in [-0.4, -0.2) is 56.7 Å². The maximum absolute atomic E-state index is 12.8. The zero-order valence-electron chi connectivity index (χ0n) is 19.4. The van der Waals surface area contributed by atoms with Crippen LogP contribution in [0.3, 0.4) is 0 Å². The lowest BCUT2D eigenvalue weighted by atomic mass is 10.1. The van der Waals surface area contributed by atoms with Gasteiger partial charge in [-0.15, -0.1) is 0 Å². The molecule has 1 aromatic carbocycles. The first-order valence-corrected chi connectivity index (χ1v) is 11.5. The van der Waals surface area contributed by atoms with Crippen LogP contribution >= 0.6 is 0 Å². The van der Waals surface area contributed by atoms with Gasteiger partial charge in [0.1, 0.15) is 5.60 Å². The highest BCUT2D eigenvalue weighted by Gasteiger charge is 2.44. The summed E-state index contributed by atoms with van der Waals surface area (Å²) in [6.07, 6.45) is 8.94. The van der Waals surface area contributed by atoms with Crippen molar-refractivity contribution in [3.05, 3.63) is 54.6 Å². The SMILES string of the molecule is CC(C)(C)OC(=O)N1[C@@H]2CC[C@H]1CN(c1ccncc1NCc1ccc3nccnc3c1)C2. The van der Waals surface area contributed by atoms with Crippen LogP contribution < -0.4 is 10.2 Å². The number of aromatic nitrogens is 3. The predicted molar refractivity (Wildman–Crippen MR) is 128 cm³/mol. The molecule has 4 heterocycles. The number of hydrogen-bond acceptors (Lipinski definition) is 7. The molecule has 1 N–H and O–H groups in total. The van der Waals surface area contributed by atoms with E-state index in [9.17, 15) is 4.79 Å².